The summed E-state index contributed by atoms with van der Waals surface area (Å²) in [6.45, 7) is 3.96. The monoisotopic (exact) mass is 459 g/mol. The van der Waals surface area contributed by atoms with E-state index in [1.807, 2.05) is 19.9 Å². The minimum absolute atomic E-state index is 0.114. The molecule has 1 aliphatic rings. The number of aliphatic hydroxyl groups excluding tert-OH is 1. The van der Waals surface area contributed by atoms with Crippen LogP contribution in [0.3, 0.4) is 0 Å². The van der Waals surface area contributed by atoms with Gasteiger partial charge in [-0.2, -0.15) is 0 Å². The molecule has 1 aromatic heterocycles. The molecule has 0 bridgehead atoms. The maximum Gasteiger partial charge on any atom is 0.305 e. The smallest absolute Gasteiger partial charge is 0.305 e. The van der Waals surface area contributed by atoms with Gasteiger partial charge >= 0.3 is 5.97 Å². The lowest BCUT2D eigenvalue weighted by Gasteiger charge is -2.15. The Hall–Kier alpha value is -2.52. The Balaban J connectivity index is 1.84. The van der Waals surface area contributed by atoms with E-state index in [1.165, 1.54) is 12.1 Å². The van der Waals surface area contributed by atoms with Crippen LogP contribution in [0.2, 0.25) is 0 Å². The van der Waals surface area contributed by atoms with Crippen LogP contribution in [0.5, 0.6) is 0 Å². The van der Waals surface area contributed by atoms with Crippen LogP contribution >= 0.6 is 8.03 Å². The highest BCUT2D eigenvalue weighted by molar-refractivity contribution is 7.39. The molecular formula is C24H27FNO5P. The van der Waals surface area contributed by atoms with Gasteiger partial charge in [0.1, 0.15) is 12.4 Å². The Morgan fingerprint density at radius 1 is 1.31 bits per heavy atom. The zero-order chi connectivity index (χ0) is 23.3. The van der Waals surface area contributed by atoms with Crippen LogP contribution < -0.4 is 0 Å². The van der Waals surface area contributed by atoms with Gasteiger partial charge in [-0.15, -0.1) is 0 Å². The molecule has 0 spiro atoms. The fraction of sp³-hybridized carbons (Fsp3) is 0.417. The maximum atomic E-state index is 13.5. The van der Waals surface area contributed by atoms with Gasteiger partial charge in [0.15, 0.2) is 8.03 Å². The van der Waals surface area contributed by atoms with Crippen molar-refractivity contribution >= 4 is 14.0 Å². The van der Waals surface area contributed by atoms with E-state index in [4.69, 9.17) is 14.6 Å². The number of hydrogen-bond acceptors (Lipinski definition) is 5. The summed E-state index contributed by atoms with van der Waals surface area (Å²) in [5.41, 5.74) is 4.32. The van der Waals surface area contributed by atoms with Crippen molar-refractivity contribution in [2.75, 3.05) is 12.8 Å². The van der Waals surface area contributed by atoms with Gasteiger partial charge < -0.3 is 14.7 Å². The van der Waals surface area contributed by atoms with Gasteiger partial charge in [-0.25, -0.2) is 4.39 Å². The lowest BCUT2D eigenvalue weighted by atomic mass is 9.93. The number of aliphatic hydroxyl groups is 1. The topological polar surface area (TPSA) is 96.7 Å². The fourth-order valence-corrected chi connectivity index (χ4v) is 4.23. The van der Waals surface area contributed by atoms with E-state index in [-0.39, 0.29) is 24.5 Å². The normalized spacial score (nSPS) is 15.2. The summed E-state index contributed by atoms with van der Waals surface area (Å²) >= 11 is 0. The summed E-state index contributed by atoms with van der Waals surface area (Å²) in [4.78, 5) is 15.4. The lowest BCUT2D eigenvalue weighted by molar-refractivity contribution is -0.138. The van der Waals surface area contributed by atoms with Gasteiger partial charge in [0.05, 0.1) is 23.8 Å². The molecule has 8 heteroatoms. The van der Waals surface area contributed by atoms with Crippen LogP contribution in [0.15, 0.2) is 30.3 Å². The Bertz CT molecular complexity index is 1050. The Kier molecular flexibility index (Phi) is 8.20. The Morgan fingerprint density at radius 3 is 2.59 bits per heavy atom. The minimum atomic E-state index is -2.61. The Morgan fingerprint density at radius 2 is 2.00 bits per heavy atom. The molecule has 0 saturated heterocycles. The number of benzene rings is 1. The van der Waals surface area contributed by atoms with Crippen molar-refractivity contribution in [2.45, 2.75) is 51.0 Å². The number of nitrogens with zero attached hydrogens (tertiary/aromatic N) is 1. The number of pyridine rings is 1. The Labute approximate surface area is 187 Å². The van der Waals surface area contributed by atoms with Crippen molar-refractivity contribution in [3.05, 3.63) is 53.1 Å². The number of carboxylic acid groups (broad SMARTS) is 1. The first-order chi connectivity index (χ1) is 15.2. The van der Waals surface area contributed by atoms with E-state index < -0.39 is 26.5 Å². The van der Waals surface area contributed by atoms with Gasteiger partial charge in [-0.05, 0) is 42.5 Å². The van der Waals surface area contributed by atoms with Crippen molar-refractivity contribution < 1.29 is 28.5 Å². The number of aliphatic carboxylic acids is 1. The highest BCUT2D eigenvalue weighted by atomic mass is 31.1. The number of carboxylic acids is 1. The van der Waals surface area contributed by atoms with Crippen molar-refractivity contribution in [3.8, 4) is 23.0 Å². The predicted molar refractivity (Wildman–Crippen MR) is 121 cm³/mol. The van der Waals surface area contributed by atoms with Crippen molar-refractivity contribution in [1.29, 1.82) is 0 Å². The number of hydrogen-bond donors (Lipinski definition) is 2. The molecule has 170 valence electrons. The first-order valence-electron chi connectivity index (χ1n) is 10.6. The van der Waals surface area contributed by atoms with Gasteiger partial charge in [0.2, 0.25) is 0 Å². The quantitative estimate of drug-likeness (QED) is 0.421. The molecule has 1 aliphatic carbocycles. The molecular weight excluding hydrogens is 432 g/mol. The summed E-state index contributed by atoms with van der Waals surface area (Å²) in [5.74, 6) is 5.04. The molecule has 2 aromatic rings. The molecule has 0 aliphatic heterocycles. The largest absolute Gasteiger partial charge is 0.481 e. The second-order valence-electron chi connectivity index (χ2n) is 8.21. The first kappa shape index (κ1) is 24.1. The third kappa shape index (κ3) is 6.74. The molecule has 0 amide bonds. The average molecular weight is 459 g/mol. The number of aromatic nitrogens is 1. The van der Waals surface area contributed by atoms with E-state index in [0.29, 0.717) is 5.92 Å². The van der Waals surface area contributed by atoms with Crippen LogP contribution in [0.4, 0.5) is 4.39 Å². The van der Waals surface area contributed by atoms with E-state index in [2.05, 4.69) is 11.8 Å². The van der Waals surface area contributed by atoms with Crippen molar-refractivity contribution in [3.63, 3.8) is 0 Å². The van der Waals surface area contributed by atoms with Gasteiger partial charge in [0, 0.05) is 23.3 Å². The van der Waals surface area contributed by atoms with Crippen molar-refractivity contribution in [2.24, 2.45) is 0 Å². The summed E-state index contributed by atoms with van der Waals surface area (Å²) in [7, 11) is -2.61. The van der Waals surface area contributed by atoms with E-state index in [1.54, 1.807) is 12.1 Å². The highest BCUT2D eigenvalue weighted by Gasteiger charge is 2.27. The van der Waals surface area contributed by atoms with E-state index in [0.717, 1.165) is 40.9 Å². The standard InChI is InChI=1S/C24H27FNO5P/c1-15(2)24-20(4-3-11-31-32(30)14-19(27)12-23(28)29)21(13-22(26-24)17-5-6-17)16-7-9-18(25)10-8-16/h7-10,13,15,17,19,27,32H,5-6,11-12,14H2,1-2H3,(H,28,29)/t19-/m0/s1. The number of rotatable bonds is 9. The zero-order valence-corrected chi connectivity index (χ0v) is 19.1. The molecule has 1 saturated carbocycles. The molecule has 2 N–H and O–H groups in total. The van der Waals surface area contributed by atoms with Crippen LogP contribution in [0, 0.1) is 17.7 Å². The number of carbonyl (C=O) groups is 1. The van der Waals surface area contributed by atoms with Crippen molar-refractivity contribution in [1.82, 2.24) is 4.98 Å². The maximum absolute atomic E-state index is 13.5. The molecule has 1 aromatic carbocycles. The van der Waals surface area contributed by atoms with E-state index in [9.17, 15) is 18.9 Å². The third-order valence-electron chi connectivity index (χ3n) is 5.10. The summed E-state index contributed by atoms with van der Waals surface area (Å²) in [6, 6.07) is 8.28. The molecule has 0 radical (unpaired) electrons. The predicted octanol–water partition coefficient (Wildman–Crippen LogP) is 4.57. The summed E-state index contributed by atoms with van der Waals surface area (Å²) in [5, 5.41) is 18.2. The van der Waals surface area contributed by atoms with Gasteiger partial charge in [-0.3, -0.25) is 14.3 Å². The molecule has 1 unspecified atom stereocenters. The molecule has 2 atom stereocenters. The number of halogens is 1. The molecule has 1 heterocycles. The van der Waals surface area contributed by atoms with Crippen LogP contribution in [0.25, 0.3) is 11.1 Å². The zero-order valence-electron chi connectivity index (χ0n) is 18.1. The molecule has 3 rings (SSSR count). The van der Waals surface area contributed by atoms with Gasteiger partial charge in [-0.1, -0.05) is 37.8 Å². The molecule has 1 fully saturated rings. The first-order valence-corrected chi connectivity index (χ1v) is 12.1. The molecule has 6 nitrogen and oxygen atoms in total. The van der Waals surface area contributed by atoms with Crippen LogP contribution in [-0.4, -0.2) is 40.0 Å². The minimum Gasteiger partial charge on any atom is -0.481 e. The van der Waals surface area contributed by atoms with Crippen LogP contribution in [-0.2, 0) is 13.9 Å². The average Bonchev–Trinajstić information content (AvgIpc) is 3.56. The second kappa shape index (κ2) is 10.9. The second-order valence-corrected chi connectivity index (χ2v) is 9.65. The van der Waals surface area contributed by atoms with E-state index >= 15 is 0 Å². The third-order valence-corrected chi connectivity index (χ3v) is 6.37. The van der Waals surface area contributed by atoms with Crippen LogP contribution in [0.1, 0.15) is 61.9 Å². The highest BCUT2D eigenvalue weighted by Crippen LogP contribution is 2.42. The van der Waals surface area contributed by atoms with Gasteiger partial charge in [0.25, 0.3) is 0 Å². The lowest BCUT2D eigenvalue weighted by Crippen LogP contribution is -2.15. The molecule has 32 heavy (non-hydrogen) atoms. The fourth-order valence-electron chi connectivity index (χ4n) is 3.35. The summed E-state index contributed by atoms with van der Waals surface area (Å²) in [6.07, 6.45) is 0.281. The summed E-state index contributed by atoms with van der Waals surface area (Å²) < 4.78 is 30.6. The SMILES string of the molecule is CC(C)c1nc(C2CC2)cc(-c2ccc(F)cc2)c1C#CCO[PH](=O)C[C@@H](O)CC(=O)O.